The van der Waals surface area contributed by atoms with E-state index >= 15 is 0 Å². The fourth-order valence-electron chi connectivity index (χ4n) is 2.87. The molecule has 26 heavy (non-hydrogen) atoms. The maximum atomic E-state index is 12.9. The van der Waals surface area contributed by atoms with Crippen LogP contribution in [0.1, 0.15) is 42.6 Å². The highest BCUT2D eigenvalue weighted by molar-refractivity contribution is 5.95. The molecule has 0 spiro atoms. The van der Waals surface area contributed by atoms with E-state index in [2.05, 4.69) is 5.32 Å². The number of carbonyl (C=O) groups excluding carboxylic acids is 2. The summed E-state index contributed by atoms with van der Waals surface area (Å²) in [4.78, 5) is 26.0. The summed E-state index contributed by atoms with van der Waals surface area (Å²) in [6.07, 6.45) is 2.10. The highest BCUT2D eigenvalue weighted by atomic mass is 16.5. The van der Waals surface area contributed by atoms with E-state index in [4.69, 9.17) is 4.74 Å². The van der Waals surface area contributed by atoms with Crippen molar-refractivity contribution in [1.29, 1.82) is 0 Å². The molecule has 0 unspecified atom stereocenters. The van der Waals surface area contributed by atoms with E-state index in [9.17, 15) is 9.59 Å². The standard InChI is InChI=1S/C21H24N2O3/c1-3-26-20-12-4-16(5-13-20)14-23(19-10-11-19)21(25)17-6-8-18(9-7-17)22-15(2)24/h4-9,12-13,19H,3,10-11,14H2,1-2H3,(H,22,24). The van der Waals surface area contributed by atoms with E-state index in [0.717, 1.165) is 24.2 Å². The van der Waals surface area contributed by atoms with Gasteiger partial charge in [0.2, 0.25) is 5.91 Å². The highest BCUT2D eigenvalue weighted by Gasteiger charge is 2.33. The van der Waals surface area contributed by atoms with Gasteiger partial charge in [-0.2, -0.15) is 0 Å². The highest BCUT2D eigenvalue weighted by Crippen LogP contribution is 2.30. The Balaban J connectivity index is 1.71. The lowest BCUT2D eigenvalue weighted by Gasteiger charge is -2.23. The number of carbonyl (C=O) groups is 2. The number of rotatable bonds is 7. The topological polar surface area (TPSA) is 58.6 Å². The van der Waals surface area contributed by atoms with E-state index in [0.29, 0.717) is 30.4 Å². The van der Waals surface area contributed by atoms with E-state index in [1.54, 1.807) is 24.3 Å². The molecule has 2 amide bonds. The molecule has 0 atom stereocenters. The second-order valence-electron chi connectivity index (χ2n) is 6.50. The maximum Gasteiger partial charge on any atom is 0.254 e. The Hall–Kier alpha value is -2.82. The van der Waals surface area contributed by atoms with Gasteiger partial charge in [-0.05, 0) is 61.7 Å². The molecule has 0 aliphatic heterocycles. The van der Waals surface area contributed by atoms with Crippen LogP contribution in [0.15, 0.2) is 48.5 Å². The van der Waals surface area contributed by atoms with E-state index in [1.807, 2.05) is 36.1 Å². The molecular formula is C21H24N2O3. The molecule has 1 aliphatic rings. The number of benzene rings is 2. The number of amides is 2. The third kappa shape index (κ3) is 4.63. The predicted molar refractivity (Wildman–Crippen MR) is 101 cm³/mol. The summed E-state index contributed by atoms with van der Waals surface area (Å²) in [6.45, 7) is 4.65. The van der Waals surface area contributed by atoms with Gasteiger partial charge in [-0.25, -0.2) is 0 Å². The zero-order valence-corrected chi connectivity index (χ0v) is 15.2. The van der Waals surface area contributed by atoms with Crippen molar-refractivity contribution in [3.8, 4) is 5.75 Å². The first-order chi connectivity index (χ1) is 12.6. The fraction of sp³-hybridized carbons (Fsp3) is 0.333. The fourth-order valence-corrected chi connectivity index (χ4v) is 2.87. The monoisotopic (exact) mass is 352 g/mol. The van der Waals surface area contributed by atoms with E-state index in [-0.39, 0.29) is 11.8 Å². The van der Waals surface area contributed by atoms with E-state index in [1.165, 1.54) is 6.92 Å². The van der Waals surface area contributed by atoms with Crippen LogP contribution in [-0.4, -0.2) is 29.4 Å². The molecule has 5 nitrogen and oxygen atoms in total. The second-order valence-corrected chi connectivity index (χ2v) is 6.50. The molecule has 1 saturated carbocycles. The largest absolute Gasteiger partial charge is 0.494 e. The molecule has 0 saturated heterocycles. The van der Waals surface area contributed by atoms with Crippen LogP contribution in [0, 0.1) is 0 Å². The van der Waals surface area contributed by atoms with Gasteiger partial charge in [0.25, 0.3) is 5.91 Å². The summed E-state index contributed by atoms with van der Waals surface area (Å²) in [6, 6.07) is 15.3. The van der Waals surface area contributed by atoms with Gasteiger partial charge in [0.05, 0.1) is 6.61 Å². The van der Waals surface area contributed by atoms with Gasteiger partial charge in [-0.3, -0.25) is 9.59 Å². The molecule has 0 radical (unpaired) electrons. The third-order valence-corrected chi connectivity index (χ3v) is 4.29. The molecule has 5 heteroatoms. The lowest BCUT2D eigenvalue weighted by Crippen LogP contribution is -2.32. The average molecular weight is 352 g/mol. The number of nitrogens with zero attached hydrogens (tertiary/aromatic N) is 1. The normalized spacial score (nSPS) is 13.2. The number of hydrogen-bond acceptors (Lipinski definition) is 3. The second kappa shape index (κ2) is 8.04. The summed E-state index contributed by atoms with van der Waals surface area (Å²) in [7, 11) is 0. The maximum absolute atomic E-state index is 12.9. The first-order valence-electron chi connectivity index (χ1n) is 8.97. The molecule has 3 rings (SSSR count). The van der Waals surface area contributed by atoms with Crippen molar-refractivity contribution in [2.45, 2.75) is 39.3 Å². The van der Waals surface area contributed by atoms with E-state index < -0.39 is 0 Å². The molecule has 0 aromatic heterocycles. The van der Waals surface area contributed by atoms with Crippen molar-refractivity contribution >= 4 is 17.5 Å². The lowest BCUT2D eigenvalue weighted by molar-refractivity contribution is -0.114. The summed E-state index contributed by atoms with van der Waals surface area (Å²) >= 11 is 0. The molecular weight excluding hydrogens is 328 g/mol. The van der Waals surface area contributed by atoms with Gasteiger partial charge in [0, 0.05) is 30.8 Å². The van der Waals surface area contributed by atoms with Crippen molar-refractivity contribution in [2.24, 2.45) is 0 Å². The van der Waals surface area contributed by atoms with Crippen LogP contribution in [-0.2, 0) is 11.3 Å². The summed E-state index contributed by atoms with van der Waals surface area (Å²) in [5, 5.41) is 2.71. The molecule has 2 aromatic rings. The van der Waals surface area contributed by atoms with Gasteiger partial charge < -0.3 is 15.0 Å². The van der Waals surface area contributed by atoms with Crippen LogP contribution in [0.25, 0.3) is 0 Å². The van der Waals surface area contributed by atoms with Gasteiger partial charge in [0.15, 0.2) is 0 Å². The first-order valence-corrected chi connectivity index (χ1v) is 8.97. The molecule has 1 fully saturated rings. The van der Waals surface area contributed by atoms with Crippen LogP contribution in [0.5, 0.6) is 5.75 Å². The van der Waals surface area contributed by atoms with Crippen molar-refractivity contribution in [1.82, 2.24) is 4.90 Å². The Morgan fingerprint density at radius 1 is 1.08 bits per heavy atom. The molecule has 1 N–H and O–H groups in total. The predicted octanol–water partition coefficient (Wildman–Crippen LogP) is 3.85. The van der Waals surface area contributed by atoms with Crippen LogP contribution >= 0.6 is 0 Å². The van der Waals surface area contributed by atoms with Crippen molar-refractivity contribution in [3.05, 3.63) is 59.7 Å². The van der Waals surface area contributed by atoms with Gasteiger partial charge in [-0.15, -0.1) is 0 Å². The Bertz CT molecular complexity index is 765. The Labute approximate surface area is 154 Å². The van der Waals surface area contributed by atoms with Gasteiger partial charge >= 0.3 is 0 Å². The Kier molecular flexibility index (Phi) is 5.56. The number of hydrogen-bond donors (Lipinski definition) is 1. The molecule has 0 heterocycles. The van der Waals surface area contributed by atoms with Crippen LogP contribution in [0.3, 0.4) is 0 Å². The molecule has 1 aliphatic carbocycles. The summed E-state index contributed by atoms with van der Waals surface area (Å²) < 4.78 is 5.47. The zero-order chi connectivity index (χ0) is 18.5. The number of ether oxygens (including phenoxy) is 1. The van der Waals surface area contributed by atoms with Gasteiger partial charge in [-0.1, -0.05) is 12.1 Å². The lowest BCUT2D eigenvalue weighted by atomic mass is 10.1. The minimum absolute atomic E-state index is 0.0239. The van der Waals surface area contributed by atoms with Crippen molar-refractivity contribution in [3.63, 3.8) is 0 Å². The molecule has 136 valence electrons. The smallest absolute Gasteiger partial charge is 0.254 e. The van der Waals surface area contributed by atoms with Crippen LogP contribution < -0.4 is 10.1 Å². The van der Waals surface area contributed by atoms with Crippen LogP contribution in [0.4, 0.5) is 5.69 Å². The first kappa shape index (κ1) is 18.0. The zero-order valence-electron chi connectivity index (χ0n) is 15.2. The summed E-state index contributed by atoms with van der Waals surface area (Å²) in [5.74, 6) is 0.740. The molecule has 0 bridgehead atoms. The summed E-state index contributed by atoms with van der Waals surface area (Å²) in [5.41, 5.74) is 2.42. The van der Waals surface area contributed by atoms with Gasteiger partial charge in [0.1, 0.15) is 5.75 Å². The minimum Gasteiger partial charge on any atom is -0.494 e. The number of nitrogens with one attached hydrogen (secondary N) is 1. The quantitative estimate of drug-likeness (QED) is 0.823. The molecule has 2 aromatic carbocycles. The van der Waals surface area contributed by atoms with Crippen molar-refractivity contribution in [2.75, 3.05) is 11.9 Å². The number of anilines is 1. The Morgan fingerprint density at radius 3 is 2.27 bits per heavy atom. The SMILES string of the molecule is CCOc1ccc(CN(C(=O)c2ccc(NC(C)=O)cc2)C2CC2)cc1. The van der Waals surface area contributed by atoms with Crippen LogP contribution in [0.2, 0.25) is 0 Å². The van der Waals surface area contributed by atoms with Crippen molar-refractivity contribution < 1.29 is 14.3 Å². The third-order valence-electron chi connectivity index (χ3n) is 4.29. The average Bonchev–Trinajstić information content (AvgIpc) is 3.46. The Morgan fingerprint density at radius 2 is 1.73 bits per heavy atom. The minimum atomic E-state index is -0.126.